The minimum atomic E-state index is -0.511. The lowest BCUT2D eigenvalue weighted by molar-refractivity contribution is 0.0985. The van der Waals surface area contributed by atoms with Crippen LogP contribution in [0.25, 0.3) is 22.8 Å². The second kappa shape index (κ2) is 7.83. The largest absolute Gasteiger partial charge is 0.334 e. The van der Waals surface area contributed by atoms with Crippen LogP contribution in [0, 0.1) is 5.82 Å². The van der Waals surface area contributed by atoms with Gasteiger partial charge in [0, 0.05) is 27.5 Å². The number of nitrogens with zero attached hydrogens (tertiary/aromatic N) is 3. The zero-order chi connectivity index (χ0) is 21.5. The van der Waals surface area contributed by atoms with E-state index in [-0.39, 0.29) is 16.8 Å². The van der Waals surface area contributed by atoms with Gasteiger partial charge in [-0.15, -0.1) is 0 Å². The smallest absolute Gasteiger partial charge is 0.259 e. The highest BCUT2D eigenvalue weighted by Crippen LogP contribution is 2.42. The predicted octanol–water partition coefficient (Wildman–Crippen LogP) is 6.33. The third kappa shape index (κ3) is 3.49. The number of benzene rings is 3. The van der Waals surface area contributed by atoms with Crippen LogP contribution in [0.2, 0.25) is 5.02 Å². The summed E-state index contributed by atoms with van der Waals surface area (Å²) in [5.41, 5.74) is 2.80. The molecule has 0 aliphatic carbocycles. The molecule has 0 bridgehead atoms. The van der Waals surface area contributed by atoms with Crippen molar-refractivity contribution in [3.8, 4) is 22.8 Å². The normalized spacial score (nSPS) is 13.0. The van der Waals surface area contributed by atoms with E-state index in [1.54, 1.807) is 4.90 Å². The molecule has 154 valence electrons. The molecule has 3 aromatic carbocycles. The second-order valence-corrected chi connectivity index (χ2v) is 8.37. The molecule has 1 aliphatic heterocycles. The van der Waals surface area contributed by atoms with Gasteiger partial charge in [0.2, 0.25) is 5.82 Å². The third-order valence-corrected chi connectivity index (χ3v) is 6.41. The number of aromatic nitrogens is 2. The molecule has 5 rings (SSSR count). The predicted molar refractivity (Wildman–Crippen MR) is 118 cm³/mol. The van der Waals surface area contributed by atoms with Crippen LogP contribution in [0.3, 0.4) is 0 Å². The molecule has 4 aromatic rings. The van der Waals surface area contributed by atoms with Crippen molar-refractivity contribution >= 4 is 35.0 Å². The van der Waals surface area contributed by atoms with Gasteiger partial charge in [-0.1, -0.05) is 40.7 Å². The van der Waals surface area contributed by atoms with Crippen molar-refractivity contribution in [3.63, 3.8) is 0 Å². The van der Waals surface area contributed by atoms with Crippen molar-refractivity contribution in [3.05, 3.63) is 77.1 Å². The summed E-state index contributed by atoms with van der Waals surface area (Å²) in [6, 6.07) is 17.5. The van der Waals surface area contributed by atoms with Gasteiger partial charge < -0.3 is 9.42 Å². The molecule has 1 amide bonds. The molecular formula is C23H15ClFN3O2S. The van der Waals surface area contributed by atoms with Crippen molar-refractivity contribution in [2.45, 2.75) is 16.7 Å². The van der Waals surface area contributed by atoms with E-state index in [0.717, 1.165) is 21.0 Å². The molecule has 0 fully saturated rings. The zero-order valence-electron chi connectivity index (χ0n) is 16.3. The Morgan fingerprint density at radius 3 is 2.68 bits per heavy atom. The maximum atomic E-state index is 13.4. The monoisotopic (exact) mass is 451 g/mol. The maximum Gasteiger partial charge on any atom is 0.259 e. The van der Waals surface area contributed by atoms with Crippen molar-refractivity contribution in [1.82, 2.24) is 10.1 Å². The van der Waals surface area contributed by atoms with Gasteiger partial charge in [-0.05, 0) is 55.5 Å². The van der Waals surface area contributed by atoms with Crippen LogP contribution in [-0.4, -0.2) is 22.6 Å². The van der Waals surface area contributed by atoms with E-state index in [4.69, 9.17) is 16.1 Å². The van der Waals surface area contributed by atoms with E-state index in [9.17, 15) is 9.18 Å². The van der Waals surface area contributed by atoms with Gasteiger partial charge in [0.15, 0.2) is 0 Å². The number of anilines is 1. The third-order valence-electron chi connectivity index (χ3n) is 5.00. The summed E-state index contributed by atoms with van der Waals surface area (Å²) in [6.45, 7) is 2.51. The topological polar surface area (TPSA) is 59.2 Å². The van der Waals surface area contributed by atoms with Gasteiger partial charge in [0.05, 0.1) is 16.3 Å². The van der Waals surface area contributed by atoms with E-state index in [1.807, 2.05) is 49.4 Å². The SMILES string of the molecule is CCN1C(=O)c2ccccc2Sc2cc(-c3noc(-c4ccc(F)c(Cl)c4)n3)ccc21. The number of rotatable bonds is 3. The Hall–Kier alpha value is -3.16. The highest BCUT2D eigenvalue weighted by molar-refractivity contribution is 7.99. The molecular weight excluding hydrogens is 437 g/mol. The lowest BCUT2D eigenvalue weighted by atomic mass is 10.1. The summed E-state index contributed by atoms with van der Waals surface area (Å²) in [5.74, 6) is 0.108. The van der Waals surface area contributed by atoms with E-state index in [1.165, 1.54) is 30.0 Å². The fourth-order valence-corrected chi connectivity index (χ4v) is 4.76. The van der Waals surface area contributed by atoms with E-state index < -0.39 is 5.82 Å². The van der Waals surface area contributed by atoms with Gasteiger partial charge in [0.1, 0.15) is 5.82 Å². The molecule has 2 heterocycles. The molecule has 0 spiro atoms. The van der Waals surface area contributed by atoms with Gasteiger partial charge in [-0.2, -0.15) is 4.98 Å². The molecule has 0 saturated carbocycles. The molecule has 0 atom stereocenters. The second-order valence-electron chi connectivity index (χ2n) is 6.88. The molecule has 8 heteroatoms. The average molecular weight is 452 g/mol. The van der Waals surface area contributed by atoms with Crippen LogP contribution in [0.1, 0.15) is 17.3 Å². The van der Waals surface area contributed by atoms with E-state index >= 15 is 0 Å². The molecule has 0 saturated heterocycles. The summed E-state index contributed by atoms with van der Waals surface area (Å²) < 4.78 is 18.8. The summed E-state index contributed by atoms with van der Waals surface area (Å²) in [4.78, 5) is 21.1. The zero-order valence-corrected chi connectivity index (χ0v) is 17.9. The number of amides is 1. The Morgan fingerprint density at radius 1 is 1.06 bits per heavy atom. The van der Waals surface area contributed by atoms with Gasteiger partial charge in [-0.3, -0.25) is 4.79 Å². The molecule has 1 aromatic heterocycles. The first-order valence-corrected chi connectivity index (χ1v) is 10.8. The lowest BCUT2D eigenvalue weighted by Gasteiger charge is -2.21. The standard InChI is InChI=1S/C23H15ClFN3O2S/c1-2-28-18-10-8-13(12-20(18)31-19-6-4-3-5-15(19)23(28)29)21-26-22(30-27-21)14-7-9-17(25)16(24)11-14/h3-12H,2H2,1H3. The maximum absolute atomic E-state index is 13.4. The minimum absolute atomic E-state index is 0.0123. The van der Waals surface area contributed by atoms with Crippen LogP contribution in [0.15, 0.2) is 75.0 Å². The van der Waals surface area contributed by atoms with E-state index in [0.29, 0.717) is 23.5 Å². The highest BCUT2D eigenvalue weighted by atomic mass is 35.5. The number of carbonyl (C=O) groups excluding carboxylic acids is 1. The number of carbonyl (C=O) groups is 1. The Bertz CT molecular complexity index is 1320. The number of halogens is 2. The Morgan fingerprint density at radius 2 is 1.87 bits per heavy atom. The summed E-state index contributed by atoms with van der Waals surface area (Å²) in [7, 11) is 0. The van der Waals surface area contributed by atoms with Crippen LogP contribution in [0.5, 0.6) is 0 Å². The summed E-state index contributed by atoms with van der Waals surface area (Å²) in [6.07, 6.45) is 0. The van der Waals surface area contributed by atoms with Crippen molar-refractivity contribution in [2.75, 3.05) is 11.4 Å². The Balaban J connectivity index is 1.55. The van der Waals surface area contributed by atoms with Gasteiger partial charge in [0.25, 0.3) is 11.8 Å². The number of fused-ring (bicyclic) bond motifs is 2. The lowest BCUT2D eigenvalue weighted by Crippen LogP contribution is -2.30. The summed E-state index contributed by atoms with van der Waals surface area (Å²) in [5, 5.41) is 4.06. The van der Waals surface area contributed by atoms with Gasteiger partial charge in [-0.25, -0.2) is 4.39 Å². The first-order chi connectivity index (χ1) is 15.0. The fraction of sp³-hybridized carbons (Fsp3) is 0.0870. The van der Waals surface area contributed by atoms with E-state index in [2.05, 4.69) is 10.1 Å². The van der Waals surface area contributed by atoms with Crippen LogP contribution < -0.4 is 4.90 Å². The molecule has 1 aliphatic rings. The minimum Gasteiger partial charge on any atom is -0.334 e. The molecule has 0 unspecified atom stereocenters. The Kier molecular flexibility index (Phi) is 5.00. The quantitative estimate of drug-likeness (QED) is 0.364. The number of hydrogen-bond acceptors (Lipinski definition) is 5. The Labute approximate surface area is 186 Å². The molecule has 5 nitrogen and oxygen atoms in total. The number of hydrogen-bond donors (Lipinski definition) is 0. The fourth-order valence-electron chi connectivity index (χ4n) is 3.46. The van der Waals surface area contributed by atoms with Crippen LogP contribution in [0.4, 0.5) is 10.1 Å². The van der Waals surface area contributed by atoms with Crippen molar-refractivity contribution in [2.24, 2.45) is 0 Å². The van der Waals surface area contributed by atoms with Crippen molar-refractivity contribution in [1.29, 1.82) is 0 Å². The van der Waals surface area contributed by atoms with Crippen LogP contribution >= 0.6 is 23.4 Å². The molecule has 31 heavy (non-hydrogen) atoms. The van der Waals surface area contributed by atoms with Crippen molar-refractivity contribution < 1.29 is 13.7 Å². The van der Waals surface area contributed by atoms with Gasteiger partial charge >= 0.3 is 0 Å². The average Bonchev–Trinajstić information content (AvgIpc) is 3.23. The first-order valence-electron chi connectivity index (χ1n) is 9.57. The first kappa shape index (κ1) is 19.8. The highest BCUT2D eigenvalue weighted by Gasteiger charge is 2.26. The summed E-state index contributed by atoms with van der Waals surface area (Å²) >= 11 is 7.40. The molecule has 0 radical (unpaired) electrons. The van der Waals surface area contributed by atoms with Crippen LogP contribution in [-0.2, 0) is 0 Å². The molecule has 0 N–H and O–H groups in total.